The van der Waals surface area contributed by atoms with E-state index in [-0.39, 0.29) is 0 Å². The summed E-state index contributed by atoms with van der Waals surface area (Å²) in [6.07, 6.45) is 0. The molecule has 1 heterocycles. The Balaban J connectivity index is 1.55. The fourth-order valence-electron chi connectivity index (χ4n) is 3.64. The fourth-order valence-corrected chi connectivity index (χ4v) is 4.72. The van der Waals surface area contributed by atoms with Crippen molar-refractivity contribution in [1.82, 2.24) is 14.8 Å². The summed E-state index contributed by atoms with van der Waals surface area (Å²) in [4.78, 5) is 0. The number of aryl methyl sites for hydroxylation is 1. The van der Waals surface area contributed by atoms with Crippen molar-refractivity contribution in [3.8, 4) is 17.1 Å². The molecule has 0 spiro atoms. The lowest BCUT2D eigenvalue weighted by Gasteiger charge is -2.11. The van der Waals surface area contributed by atoms with E-state index in [1.807, 2.05) is 24.3 Å². The highest BCUT2D eigenvalue weighted by Gasteiger charge is 2.16. The maximum absolute atomic E-state index is 6.10. The van der Waals surface area contributed by atoms with Crippen molar-refractivity contribution >= 4 is 34.1 Å². The Bertz CT molecular complexity index is 1340. The van der Waals surface area contributed by atoms with Crippen molar-refractivity contribution in [2.24, 2.45) is 0 Å². The van der Waals surface area contributed by atoms with Crippen LogP contribution in [0.3, 0.4) is 0 Å². The maximum atomic E-state index is 6.10. The molecule has 0 bridgehead atoms. The van der Waals surface area contributed by atoms with Crippen molar-refractivity contribution in [2.75, 3.05) is 0 Å². The zero-order chi connectivity index (χ0) is 21.2. The van der Waals surface area contributed by atoms with Crippen LogP contribution in [0.2, 0.25) is 5.02 Å². The molecule has 0 unspecified atom stereocenters. The molecule has 4 aromatic carbocycles. The minimum atomic E-state index is 0.704. The Kier molecular flexibility index (Phi) is 5.49. The maximum Gasteiger partial charge on any atom is 0.196 e. The Hall–Kier alpha value is -3.08. The van der Waals surface area contributed by atoms with E-state index in [1.165, 1.54) is 21.9 Å². The Morgan fingerprint density at radius 2 is 1.55 bits per heavy atom. The highest BCUT2D eigenvalue weighted by molar-refractivity contribution is 7.98. The zero-order valence-corrected chi connectivity index (χ0v) is 18.6. The van der Waals surface area contributed by atoms with Crippen LogP contribution in [-0.4, -0.2) is 14.8 Å². The van der Waals surface area contributed by atoms with Crippen LogP contribution in [0, 0.1) is 6.92 Å². The molecule has 0 N–H and O–H groups in total. The number of halogens is 1. The molecule has 0 amide bonds. The molecule has 0 fully saturated rings. The van der Waals surface area contributed by atoms with Crippen LogP contribution >= 0.6 is 23.4 Å². The van der Waals surface area contributed by atoms with E-state index < -0.39 is 0 Å². The van der Waals surface area contributed by atoms with E-state index in [0.29, 0.717) is 5.02 Å². The van der Waals surface area contributed by atoms with Crippen molar-refractivity contribution in [3.05, 3.63) is 107 Å². The van der Waals surface area contributed by atoms with E-state index in [9.17, 15) is 0 Å². The summed E-state index contributed by atoms with van der Waals surface area (Å²) < 4.78 is 2.12. The van der Waals surface area contributed by atoms with Crippen molar-refractivity contribution < 1.29 is 0 Å². The second kappa shape index (κ2) is 8.58. The first-order valence-electron chi connectivity index (χ1n) is 10.1. The molecule has 31 heavy (non-hydrogen) atoms. The third-order valence-corrected chi connectivity index (χ3v) is 6.49. The van der Waals surface area contributed by atoms with Gasteiger partial charge in [-0.05, 0) is 59.7 Å². The van der Waals surface area contributed by atoms with Crippen LogP contribution in [0.1, 0.15) is 11.1 Å². The fraction of sp³-hybridized carbons (Fsp3) is 0.0769. The molecular weight excluding hydrogens is 422 g/mol. The smallest absolute Gasteiger partial charge is 0.196 e. The minimum Gasteiger partial charge on any atom is -0.270 e. The number of fused-ring (bicyclic) bond motifs is 1. The van der Waals surface area contributed by atoms with Gasteiger partial charge in [0, 0.05) is 22.0 Å². The molecule has 0 radical (unpaired) electrons. The number of aromatic nitrogens is 3. The first-order chi connectivity index (χ1) is 15.2. The largest absolute Gasteiger partial charge is 0.270 e. The second-order valence-corrected chi connectivity index (χ2v) is 8.79. The van der Waals surface area contributed by atoms with Crippen LogP contribution < -0.4 is 0 Å². The van der Waals surface area contributed by atoms with Gasteiger partial charge in [-0.1, -0.05) is 83.5 Å². The Morgan fingerprint density at radius 3 is 2.35 bits per heavy atom. The van der Waals surface area contributed by atoms with Gasteiger partial charge in [-0.25, -0.2) is 0 Å². The molecule has 152 valence electrons. The van der Waals surface area contributed by atoms with Gasteiger partial charge < -0.3 is 0 Å². The molecule has 0 saturated carbocycles. The van der Waals surface area contributed by atoms with Crippen LogP contribution in [0.25, 0.3) is 27.8 Å². The number of rotatable bonds is 5. The van der Waals surface area contributed by atoms with E-state index in [4.69, 9.17) is 11.6 Å². The monoisotopic (exact) mass is 441 g/mol. The lowest BCUT2D eigenvalue weighted by Crippen LogP contribution is -2.00. The van der Waals surface area contributed by atoms with Gasteiger partial charge in [-0.2, -0.15) is 0 Å². The molecule has 0 aliphatic carbocycles. The van der Waals surface area contributed by atoms with E-state index in [2.05, 4.69) is 88.4 Å². The topological polar surface area (TPSA) is 30.7 Å². The first kappa shape index (κ1) is 19.9. The van der Waals surface area contributed by atoms with Crippen LogP contribution in [0.5, 0.6) is 0 Å². The quantitative estimate of drug-likeness (QED) is 0.267. The average Bonchev–Trinajstić information content (AvgIpc) is 3.22. The van der Waals surface area contributed by atoms with Gasteiger partial charge in [0.15, 0.2) is 11.0 Å². The highest BCUT2D eigenvalue weighted by Crippen LogP contribution is 2.32. The van der Waals surface area contributed by atoms with E-state index in [1.54, 1.807) is 11.8 Å². The van der Waals surface area contributed by atoms with Gasteiger partial charge >= 0.3 is 0 Å². The summed E-state index contributed by atoms with van der Waals surface area (Å²) in [6.45, 7) is 2.09. The Morgan fingerprint density at radius 1 is 0.806 bits per heavy atom. The number of benzene rings is 4. The molecular formula is C26H20ClN3S. The molecule has 0 aliphatic rings. The average molecular weight is 442 g/mol. The summed E-state index contributed by atoms with van der Waals surface area (Å²) >= 11 is 7.79. The van der Waals surface area contributed by atoms with E-state index in [0.717, 1.165) is 28.0 Å². The number of thioether (sulfide) groups is 1. The van der Waals surface area contributed by atoms with Crippen LogP contribution in [-0.2, 0) is 5.75 Å². The van der Waals surface area contributed by atoms with Crippen molar-refractivity contribution in [2.45, 2.75) is 17.8 Å². The van der Waals surface area contributed by atoms with Gasteiger partial charge in [0.05, 0.1) is 0 Å². The lowest BCUT2D eigenvalue weighted by atomic mass is 10.1. The van der Waals surface area contributed by atoms with Crippen LogP contribution in [0.4, 0.5) is 0 Å². The predicted molar refractivity (Wildman–Crippen MR) is 130 cm³/mol. The minimum absolute atomic E-state index is 0.704. The standard InChI is InChI=1S/C26H20ClN3S/c1-18-9-15-23(16-10-18)30-25(20-11-13-22(27)14-12-20)28-29-26(30)31-17-21-7-4-6-19-5-2-3-8-24(19)21/h2-16H,17H2,1H3. The summed E-state index contributed by atoms with van der Waals surface area (Å²) in [5.74, 6) is 1.62. The SMILES string of the molecule is Cc1ccc(-n2c(SCc3cccc4ccccc34)nnc2-c2ccc(Cl)cc2)cc1. The zero-order valence-electron chi connectivity index (χ0n) is 17.0. The number of hydrogen-bond acceptors (Lipinski definition) is 3. The molecule has 0 aliphatic heterocycles. The number of nitrogens with zero attached hydrogens (tertiary/aromatic N) is 3. The summed E-state index contributed by atoms with van der Waals surface area (Å²) in [5.41, 5.74) is 4.53. The first-order valence-corrected chi connectivity index (χ1v) is 11.4. The summed E-state index contributed by atoms with van der Waals surface area (Å²) in [5, 5.41) is 13.2. The molecule has 0 atom stereocenters. The second-order valence-electron chi connectivity index (χ2n) is 7.41. The lowest BCUT2D eigenvalue weighted by molar-refractivity contribution is 0.885. The predicted octanol–water partition coefficient (Wildman–Crippen LogP) is 7.34. The normalized spacial score (nSPS) is 11.2. The van der Waals surface area contributed by atoms with Gasteiger partial charge in [-0.3, -0.25) is 4.57 Å². The van der Waals surface area contributed by atoms with Gasteiger partial charge in [0.2, 0.25) is 0 Å². The molecule has 5 rings (SSSR count). The van der Waals surface area contributed by atoms with Crippen molar-refractivity contribution in [3.63, 3.8) is 0 Å². The van der Waals surface area contributed by atoms with Gasteiger partial charge in [0.1, 0.15) is 0 Å². The van der Waals surface area contributed by atoms with Gasteiger partial charge in [0.25, 0.3) is 0 Å². The van der Waals surface area contributed by atoms with E-state index >= 15 is 0 Å². The third kappa shape index (κ3) is 4.09. The van der Waals surface area contributed by atoms with Gasteiger partial charge in [-0.15, -0.1) is 10.2 Å². The molecule has 5 aromatic rings. The molecule has 0 saturated heterocycles. The van der Waals surface area contributed by atoms with Crippen molar-refractivity contribution in [1.29, 1.82) is 0 Å². The molecule has 1 aromatic heterocycles. The van der Waals surface area contributed by atoms with Crippen LogP contribution in [0.15, 0.2) is 96.2 Å². The number of hydrogen-bond donors (Lipinski definition) is 0. The summed E-state index contributed by atoms with van der Waals surface area (Å²) in [7, 11) is 0. The molecule has 5 heteroatoms. The molecule has 3 nitrogen and oxygen atoms in total. The third-order valence-electron chi connectivity index (χ3n) is 5.26. The highest BCUT2D eigenvalue weighted by atomic mass is 35.5. The Labute approximate surface area is 190 Å². The summed E-state index contributed by atoms with van der Waals surface area (Å²) in [6, 6.07) is 31.1.